The number of nitrogens with zero attached hydrogens (tertiary/aromatic N) is 2. The van der Waals surface area contributed by atoms with Crippen molar-refractivity contribution in [1.82, 2.24) is 14.9 Å². The van der Waals surface area contributed by atoms with E-state index in [1.807, 2.05) is 17.8 Å². The number of hydrogen-bond acceptors (Lipinski definition) is 3. The summed E-state index contributed by atoms with van der Waals surface area (Å²) >= 11 is 0. The fourth-order valence-electron chi connectivity index (χ4n) is 2.30. The Labute approximate surface area is 125 Å². The molecule has 21 heavy (non-hydrogen) atoms. The molecule has 0 saturated carbocycles. The van der Waals surface area contributed by atoms with Gasteiger partial charge in [0.15, 0.2) is 0 Å². The normalized spacial score (nSPS) is 12.4. The molecule has 2 rings (SSSR count). The number of benzene rings is 1. The van der Waals surface area contributed by atoms with Crippen molar-refractivity contribution >= 4 is 0 Å². The molecule has 0 aliphatic rings. The van der Waals surface area contributed by atoms with E-state index in [-0.39, 0.29) is 11.9 Å². The monoisotopic (exact) mass is 291 g/mol. The summed E-state index contributed by atoms with van der Waals surface area (Å²) in [5.41, 5.74) is 0.646. The lowest BCUT2D eigenvalue weighted by molar-refractivity contribution is 0.408. The fourth-order valence-corrected chi connectivity index (χ4v) is 2.30. The Morgan fingerprint density at radius 3 is 2.81 bits per heavy atom. The van der Waals surface area contributed by atoms with Gasteiger partial charge in [-0.05, 0) is 19.0 Å². The lowest BCUT2D eigenvalue weighted by atomic mass is 10.0. The van der Waals surface area contributed by atoms with E-state index in [0.29, 0.717) is 17.7 Å². The minimum absolute atomic E-state index is 0.100. The number of hydrogen-bond donors (Lipinski definition) is 1. The Kier molecular flexibility index (Phi) is 5.33. The molecule has 2 aromatic rings. The molecule has 0 aliphatic heterocycles. The molecule has 0 bridgehead atoms. The smallest absolute Gasteiger partial charge is 0.131 e. The van der Waals surface area contributed by atoms with Crippen LogP contribution >= 0.6 is 0 Å². The van der Waals surface area contributed by atoms with Crippen LogP contribution in [0, 0.1) is 5.82 Å². The van der Waals surface area contributed by atoms with Crippen LogP contribution in [0.5, 0.6) is 5.75 Å². The first-order valence-corrected chi connectivity index (χ1v) is 7.18. The molecule has 0 fully saturated rings. The van der Waals surface area contributed by atoms with Crippen molar-refractivity contribution in [2.45, 2.75) is 25.8 Å². The van der Waals surface area contributed by atoms with Crippen molar-refractivity contribution in [2.24, 2.45) is 7.05 Å². The molecule has 1 heterocycles. The number of halogens is 1. The fraction of sp³-hybridized carbons (Fsp3) is 0.438. The van der Waals surface area contributed by atoms with E-state index in [0.717, 1.165) is 18.8 Å². The van der Waals surface area contributed by atoms with E-state index >= 15 is 0 Å². The molecule has 0 saturated heterocycles. The minimum Gasteiger partial charge on any atom is -0.497 e. The van der Waals surface area contributed by atoms with E-state index in [1.54, 1.807) is 18.3 Å². The third-order valence-corrected chi connectivity index (χ3v) is 3.53. The van der Waals surface area contributed by atoms with Crippen LogP contribution in [-0.2, 0) is 13.5 Å². The topological polar surface area (TPSA) is 39.1 Å². The van der Waals surface area contributed by atoms with Gasteiger partial charge in [-0.25, -0.2) is 9.37 Å². The maximum Gasteiger partial charge on any atom is 0.131 e. The van der Waals surface area contributed by atoms with E-state index in [4.69, 9.17) is 4.74 Å². The molecule has 1 N–H and O–H groups in total. The van der Waals surface area contributed by atoms with Crippen LogP contribution in [-0.4, -0.2) is 23.2 Å². The molecule has 0 aliphatic carbocycles. The van der Waals surface area contributed by atoms with Gasteiger partial charge < -0.3 is 14.6 Å². The Hall–Kier alpha value is -1.88. The first-order valence-electron chi connectivity index (χ1n) is 7.18. The standard InChI is InChI=1S/C16H22FN3O/c1-4-7-18-15(11-16-19-8-9-20(16)2)13-6-5-12(21-3)10-14(13)17/h5-6,8-10,15,18H,4,7,11H2,1-3H3. The van der Waals surface area contributed by atoms with E-state index in [2.05, 4.69) is 17.2 Å². The molecule has 114 valence electrons. The van der Waals surface area contributed by atoms with Crippen LogP contribution < -0.4 is 10.1 Å². The second-order valence-electron chi connectivity index (χ2n) is 5.05. The highest BCUT2D eigenvalue weighted by Gasteiger charge is 2.18. The van der Waals surface area contributed by atoms with Gasteiger partial charge in [-0.2, -0.15) is 0 Å². The molecule has 1 aromatic heterocycles. The average Bonchev–Trinajstić information content (AvgIpc) is 2.88. The summed E-state index contributed by atoms with van der Waals surface area (Å²) in [6.07, 6.45) is 5.30. The van der Waals surface area contributed by atoms with Crippen molar-refractivity contribution in [3.63, 3.8) is 0 Å². The summed E-state index contributed by atoms with van der Waals surface area (Å²) in [6.45, 7) is 2.93. The van der Waals surface area contributed by atoms with Gasteiger partial charge in [-0.15, -0.1) is 0 Å². The van der Waals surface area contributed by atoms with Gasteiger partial charge in [-0.3, -0.25) is 0 Å². The zero-order valence-corrected chi connectivity index (χ0v) is 12.8. The number of nitrogens with one attached hydrogen (secondary N) is 1. The molecule has 0 radical (unpaired) electrons. The van der Waals surface area contributed by atoms with Crippen molar-refractivity contribution in [2.75, 3.05) is 13.7 Å². The summed E-state index contributed by atoms with van der Waals surface area (Å²) in [6, 6.07) is 4.90. The van der Waals surface area contributed by atoms with Gasteiger partial charge in [0.2, 0.25) is 0 Å². The third kappa shape index (κ3) is 3.82. The molecule has 1 unspecified atom stereocenters. The lowest BCUT2D eigenvalue weighted by Gasteiger charge is -2.20. The lowest BCUT2D eigenvalue weighted by Crippen LogP contribution is -2.26. The van der Waals surface area contributed by atoms with Crippen LogP contribution in [0.3, 0.4) is 0 Å². The minimum atomic E-state index is -0.253. The van der Waals surface area contributed by atoms with E-state index in [1.165, 1.54) is 13.2 Å². The SMILES string of the molecule is CCCNC(Cc1nccn1C)c1ccc(OC)cc1F. The van der Waals surface area contributed by atoms with Gasteiger partial charge >= 0.3 is 0 Å². The second-order valence-corrected chi connectivity index (χ2v) is 5.05. The second kappa shape index (κ2) is 7.22. The molecule has 1 atom stereocenters. The number of aromatic nitrogens is 2. The Bertz CT molecular complexity index is 583. The van der Waals surface area contributed by atoms with Crippen LogP contribution in [0.4, 0.5) is 4.39 Å². The number of methoxy groups -OCH3 is 1. The first kappa shape index (κ1) is 15.5. The quantitative estimate of drug-likeness (QED) is 0.852. The molecule has 5 heteroatoms. The molecule has 0 spiro atoms. The highest BCUT2D eigenvalue weighted by molar-refractivity contribution is 5.31. The summed E-state index contributed by atoms with van der Waals surface area (Å²) < 4.78 is 21.3. The zero-order valence-electron chi connectivity index (χ0n) is 12.8. The van der Waals surface area contributed by atoms with Crippen LogP contribution in [0.25, 0.3) is 0 Å². The Balaban J connectivity index is 2.25. The van der Waals surface area contributed by atoms with Gasteiger partial charge in [0, 0.05) is 43.5 Å². The van der Waals surface area contributed by atoms with Gasteiger partial charge in [0.1, 0.15) is 17.4 Å². The average molecular weight is 291 g/mol. The molecule has 4 nitrogen and oxygen atoms in total. The van der Waals surface area contributed by atoms with Crippen molar-refractivity contribution < 1.29 is 9.13 Å². The maximum absolute atomic E-state index is 14.3. The number of aryl methyl sites for hydroxylation is 1. The summed E-state index contributed by atoms with van der Waals surface area (Å²) in [5, 5.41) is 3.40. The first-order chi connectivity index (χ1) is 10.2. The number of ether oxygens (including phenoxy) is 1. The van der Waals surface area contributed by atoms with Crippen LogP contribution in [0.2, 0.25) is 0 Å². The predicted molar refractivity (Wildman–Crippen MR) is 80.9 cm³/mol. The van der Waals surface area contributed by atoms with Crippen molar-refractivity contribution in [3.8, 4) is 5.75 Å². The van der Waals surface area contributed by atoms with Gasteiger partial charge in [-0.1, -0.05) is 13.0 Å². The highest BCUT2D eigenvalue weighted by atomic mass is 19.1. The third-order valence-electron chi connectivity index (χ3n) is 3.53. The highest BCUT2D eigenvalue weighted by Crippen LogP contribution is 2.24. The summed E-state index contributed by atoms with van der Waals surface area (Å²) in [4.78, 5) is 4.33. The summed E-state index contributed by atoms with van der Waals surface area (Å²) in [5.74, 6) is 1.21. The molecule has 1 aromatic carbocycles. The molecular formula is C16H22FN3O. The predicted octanol–water partition coefficient (Wildman–Crippen LogP) is 2.85. The van der Waals surface area contributed by atoms with Crippen LogP contribution in [0.1, 0.15) is 30.8 Å². The molecular weight excluding hydrogens is 269 g/mol. The van der Waals surface area contributed by atoms with Gasteiger partial charge in [0.25, 0.3) is 0 Å². The number of rotatable bonds is 7. The summed E-state index contributed by atoms with van der Waals surface area (Å²) in [7, 11) is 3.48. The number of imidazole rings is 1. The Morgan fingerprint density at radius 1 is 1.43 bits per heavy atom. The van der Waals surface area contributed by atoms with Crippen LogP contribution in [0.15, 0.2) is 30.6 Å². The largest absolute Gasteiger partial charge is 0.497 e. The van der Waals surface area contributed by atoms with Crippen molar-refractivity contribution in [3.05, 3.63) is 47.8 Å². The maximum atomic E-state index is 14.3. The van der Waals surface area contributed by atoms with E-state index in [9.17, 15) is 4.39 Å². The van der Waals surface area contributed by atoms with Gasteiger partial charge in [0.05, 0.1) is 7.11 Å². The zero-order chi connectivity index (χ0) is 15.2. The van der Waals surface area contributed by atoms with Crippen molar-refractivity contribution in [1.29, 1.82) is 0 Å². The molecule has 0 amide bonds. The van der Waals surface area contributed by atoms with E-state index < -0.39 is 0 Å². The Morgan fingerprint density at radius 2 is 2.24 bits per heavy atom.